The maximum absolute atomic E-state index is 13.5. The second-order valence-corrected chi connectivity index (χ2v) is 7.89. The molecule has 1 atom stereocenters. The fourth-order valence-electron chi connectivity index (χ4n) is 4.45. The molecule has 2 aromatic heterocycles. The Labute approximate surface area is 158 Å². The molecule has 1 aromatic carbocycles. The Balaban J connectivity index is 1.38. The second-order valence-electron chi connectivity index (χ2n) is 7.89. The number of anilines is 1. The Morgan fingerprint density at radius 3 is 2.63 bits per heavy atom. The fourth-order valence-corrected chi connectivity index (χ4v) is 4.45. The van der Waals surface area contributed by atoms with Crippen LogP contribution in [0.2, 0.25) is 0 Å². The Bertz CT molecular complexity index is 957. The molecule has 5 heteroatoms. The average molecular weight is 365 g/mol. The number of benzene rings is 1. The molecule has 2 aliphatic rings. The number of imidazole rings is 1. The number of hydrogen-bond donors (Lipinski definition) is 1. The summed E-state index contributed by atoms with van der Waals surface area (Å²) in [5, 5.41) is 11.3. The summed E-state index contributed by atoms with van der Waals surface area (Å²) < 4.78 is 15.6. The van der Waals surface area contributed by atoms with Crippen LogP contribution in [0.1, 0.15) is 49.0 Å². The van der Waals surface area contributed by atoms with Gasteiger partial charge in [0.2, 0.25) is 0 Å². The van der Waals surface area contributed by atoms with Crippen molar-refractivity contribution in [2.45, 2.75) is 37.7 Å². The molecule has 140 valence electrons. The normalized spacial score (nSPS) is 19.6. The van der Waals surface area contributed by atoms with Gasteiger partial charge in [-0.05, 0) is 67.3 Å². The van der Waals surface area contributed by atoms with Crippen LogP contribution >= 0.6 is 0 Å². The van der Waals surface area contributed by atoms with E-state index in [2.05, 4.69) is 26.4 Å². The van der Waals surface area contributed by atoms with Crippen molar-refractivity contribution in [2.75, 3.05) is 18.0 Å². The number of hydrogen-bond acceptors (Lipinski definition) is 3. The van der Waals surface area contributed by atoms with E-state index in [4.69, 9.17) is 0 Å². The van der Waals surface area contributed by atoms with Gasteiger partial charge in [-0.2, -0.15) is 0 Å². The van der Waals surface area contributed by atoms with E-state index in [1.807, 2.05) is 18.6 Å². The number of rotatable bonds is 4. The minimum atomic E-state index is -0.492. The van der Waals surface area contributed by atoms with Gasteiger partial charge >= 0.3 is 0 Å². The first-order chi connectivity index (χ1) is 13.2. The van der Waals surface area contributed by atoms with Gasteiger partial charge in [0.05, 0.1) is 29.8 Å². The molecule has 0 unspecified atom stereocenters. The zero-order valence-electron chi connectivity index (χ0n) is 15.3. The van der Waals surface area contributed by atoms with Gasteiger partial charge in [0.1, 0.15) is 5.82 Å². The summed E-state index contributed by atoms with van der Waals surface area (Å²) >= 11 is 0. The Kier molecular flexibility index (Phi) is 4.12. The molecule has 3 aromatic rings. The summed E-state index contributed by atoms with van der Waals surface area (Å²) in [5.41, 5.74) is 4.27. The van der Waals surface area contributed by atoms with Crippen molar-refractivity contribution in [2.24, 2.45) is 5.92 Å². The van der Waals surface area contributed by atoms with Crippen LogP contribution in [0, 0.1) is 11.7 Å². The van der Waals surface area contributed by atoms with Crippen LogP contribution in [-0.2, 0) is 0 Å². The van der Waals surface area contributed by atoms with Crippen LogP contribution in [0.3, 0.4) is 0 Å². The van der Waals surface area contributed by atoms with Gasteiger partial charge in [-0.15, -0.1) is 0 Å². The van der Waals surface area contributed by atoms with E-state index in [0.29, 0.717) is 5.92 Å². The Morgan fingerprint density at radius 2 is 1.89 bits per heavy atom. The van der Waals surface area contributed by atoms with Crippen LogP contribution in [-0.4, -0.2) is 27.6 Å². The number of nitrogens with zero attached hydrogens (tertiary/aromatic N) is 3. The van der Waals surface area contributed by atoms with Crippen molar-refractivity contribution in [3.63, 3.8) is 0 Å². The van der Waals surface area contributed by atoms with Gasteiger partial charge in [-0.3, -0.25) is 0 Å². The summed E-state index contributed by atoms with van der Waals surface area (Å²) in [7, 11) is 0. The molecule has 4 nitrogen and oxygen atoms in total. The van der Waals surface area contributed by atoms with Crippen molar-refractivity contribution >= 4 is 11.2 Å². The first kappa shape index (κ1) is 16.8. The lowest BCUT2D eigenvalue weighted by Crippen LogP contribution is -2.36. The molecule has 1 saturated heterocycles. The smallest absolute Gasteiger partial charge is 0.125 e. The lowest BCUT2D eigenvalue weighted by atomic mass is 9.87. The monoisotopic (exact) mass is 365 g/mol. The van der Waals surface area contributed by atoms with E-state index in [-0.39, 0.29) is 11.7 Å². The van der Waals surface area contributed by atoms with Gasteiger partial charge in [-0.25, -0.2) is 9.37 Å². The van der Waals surface area contributed by atoms with Crippen LogP contribution in [0.4, 0.5) is 10.1 Å². The molecule has 27 heavy (non-hydrogen) atoms. The van der Waals surface area contributed by atoms with E-state index in [1.54, 1.807) is 12.1 Å². The van der Waals surface area contributed by atoms with Crippen LogP contribution in [0.25, 0.3) is 5.52 Å². The first-order valence-corrected chi connectivity index (χ1v) is 9.84. The minimum absolute atomic E-state index is 0.199. The number of pyridine rings is 1. The third-order valence-corrected chi connectivity index (χ3v) is 6.11. The average Bonchev–Trinajstić information content (AvgIpc) is 3.43. The van der Waals surface area contributed by atoms with Crippen molar-refractivity contribution in [1.29, 1.82) is 0 Å². The fraction of sp³-hybridized carbons (Fsp3) is 0.409. The maximum Gasteiger partial charge on any atom is 0.125 e. The molecule has 0 spiro atoms. The van der Waals surface area contributed by atoms with Crippen molar-refractivity contribution in [3.05, 3.63) is 66.0 Å². The SMILES string of the molecule is O[C@@H](c1c(C2CC2)ccc2cncn12)C1CCN(c2cccc(F)c2)CC1. The number of aliphatic hydroxyl groups is 1. The highest BCUT2D eigenvalue weighted by molar-refractivity contribution is 5.50. The molecule has 0 bridgehead atoms. The molecular weight excluding hydrogens is 341 g/mol. The molecule has 3 heterocycles. The minimum Gasteiger partial charge on any atom is -0.387 e. The summed E-state index contributed by atoms with van der Waals surface area (Å²) in [6, 6.07) is 11.1. The highest BCUT2D eigenvalue weighted by atomic mass is 19.1. The predicted molar refractivity (Wildman–Crippen MR) is 103 cm³/mol. The third-order valence-electron chi connectivity index (χ3n) is 6.11. The van der Waals surface area contributed by atoms with Crippen molar-refractivity contribution < 1.29 is 9.50 Å². The predicted octanol–water partition coefficient (Wildman–Crippen LogP) is 4.30. The molecule has 5 rings (SSSR count). The molecule has 1 saturated carbocycles. The zero-order chi connectivity index (χ0) is 18.4. The summed E-state index contributed by atoms with van der Waals surface area (Å²) in [6.07, 6.45) is 7.38. The third kappa shape index (κ3) is 3.10. The first-order valence-electron chi connectivity index (χ1n) is 9.84. The van der Waals surface area contributed by atoms with Crippen molar-refractivity contribution in [3.8, 4) is 0 Å². The van der Waals surface area contributed by atoms with E-state index in [0.717, 1.165) is 42.8 Å². The molecule has 1 aliphatic heterocycles. The highest BCUT2D eigenvalue weighted by Crippen LogP contribution is 2.45. The Morgan fingerprint density at radius 1 is 1.07 bits per heavy atom. The van der Waals surface area contributed by atoms with E-state index in [9.17, 15) is 9.50 Å². The molecular formula is C22H24FN3O. The summed E-state index contributed by atoms with van der Waals surface area (Å²) in [5.74, 6) is 0.588. The largest absolute Gasteiger partial charge is 0.387 e. The van der Waals surface area contributed by atoms with Gasteiger partial charge in [0.25, 0.3) is 0 Å². The maximum atomic E-state index is 13.5. The molecule has 1 N–H and O–H groups in total. The lowest BCUT2D eigenvalue weighted by Gasteiger charge is -2.36. The second kappa shape index (κ2) is 6.64. The topological polar surface area (TPSA) is 40.8 Å². The van der Waals surface area contributed by atoms with Crippen LogP contribution in [0.15, 0.2) is 48.9 Å². The summed E-state index contributed by atoms with van der Waals surface area (Å²) in [6.45, 7) is 1.67. The lowest BCUT2D eigenvalue weighted by molar-refractivity contribution is 0.0871. The van der Waals surface area contributed by atoms with E-state index < -0.39 is 6.10 Å². The number of halogens is 1. The highest BCUT2D eigenvalue weighted by Gasteiger charge is 2.34. The van der Waals surface area contributed by atoms with Gasteiger partial charge < -0.3 is 14.4 Å². The van der Waals surface area contributed by atoms with Gasteiger partial charge in [0, 0.05) is 18.8 Å². The molecule has 1 aliphatic carbocycles. The Hall–Kier alpha value is -2.40. The number of aliphatic hydroxyl groups excluding tert-OH is 1. The van der Waals surface area contributed by atoms with Gasteiger partial charge in [0.15, 0.2) is 0 Å². The zero-order valence-corrected chi connectivity index (χ0v) is 15.3. The van der Waals surface area contributed by atoms with Crippen LogP contribution in [0.5, 0.6) is 0 Å². The molecule has 0 amide bonds. The quantitative estimate of drug-likeness (QED) is 0.749. The number of fused-ring (bicyclic) bond motifs is 1. The standard InChI is InChI=1S/C22H24FN3O/c23-17-2-1-3-18(12-17)25-10-8-16(9-11-25)22(27)21-20(15-4-5-15)7-6-19-13-24-14-26(19)21/h1-3,6-7,12-16,22,27H,4-5,8-11H2/t22-/m1/s1. The number of piperidine rings is 1. The van der Waals surface area contributed by atoms with E-state index >= 15 is 0 Å². The van der Waals surface area contributed by atoms with Crippen LogP contribution < -0.4 is 4.90 Å². The molecule has 0 radical (unpaired) electrons. The number of aromatic nitrogens is 2. The van der Waals surface area contributed by atoms with E-state index in [1.165, 1.54) is 24.5 Å². The molecule has 2 fully saturated rings. The van der Waals surface area contributed by atoms with Crippen molar-refractivity contribution in [1.82, 2.24) is 9.38 Å². The van der Waals surface area contributed by atoms with Gasteiger partial charge in [-0.1, -0.05) is 12.1 Å². The summed E-state index contributed by atoms with van der Waals surface area (Å²) in [4.78, 5) is 6.49.